The highest BCUT2D eigenvalue weighted by atomic mass is 35.5. The lowest BCUT2D eigenvalue weighted by atomic mass is 10.2. The molecule has 84 valence electrons. The van der Waals surface area contributed by atoms with Crippen LogP contribution in [0.3, 0.4) is 0 Å². The Bertz CT molecular complexity index is 482. The van der Waals surface area contributed by atoms with Crippen molar-refractivity contribution in [3.63, 3.8) is 0 Å². The Kier molecular flexibility index (Phi) is 3.79. The van der Waals surface area contributed by atoms with Crippen molar-refractivity contribution in [1.29, 1.82) is 0 Å². The third kappa shape index (κ3) is 2.94. The van der Waals surface area contributed by atoms with E-state index in [2.05, 4.69) is 10.2 Å². The van der Waals surface area contributed by atoms with E-state index in [-0.39, 0.29) is 5.38 Å². The Labute approximate surface area is 108 Å². The molecule has 0 bridgehead atoms. The predicted molar refractivity (Wildman–Crippen MR) is 68.4 cm³/mol. The molecule has 1 unspecified atom stereocenters. The zero-order valence-electron chi connectivity index (χ0n) is 8.65. The maximum absolute atomic E-state index is 5.93. The SMILES string of the molecule is CC(Cl)c1nnc(Cc2cccc(Cl)c2)s1. The Hall–Kier alpha value is -0.640. The maximum atomic E-state index is 5.93. The van der Waals surface area contributed by atoms with Gasteiger partial charge in [0, 0.05) is 11.4 Å². The van der Waals surface area contributed by atoms with Gasteiger partial charge in [0.05, 0.1) is 5.38 Å². The second-order valence-electron chi connectivity index (χ2n) is 3.46. The molecule has 5 heteroatoms. The van der Waals surface area contributed by atoms with Gasteiger partial charge < -0.3 is 0 Å². The number of aromatic nitrogens is 2. The van der Waals surface area contributed by atoms with E-state index in [0.29, 0.717) is 0 Å². The highest BCUT2D eigenvalue weighted by molar-refractivity contribution is 7.11. The zero-order chi connectivity index (χ0) is 11.5. The quantitative estimate of drug-likeness (QED) is 0.787. The molecular weight excluding hydrogens is 263 g/mol. The van der Waals surface area contributed by atoms with Crippen molar-refractivity contribution in [2.45, 2.75) is 18.7 Å². The van der Waals surface area contributed by atoms with Gasteiger partial charge in [-0.3, -0.25) is 0 Å². The molecule has 0 aliphatic rings. The average Bonchev–Trinajstić information content (AvgIpc) is 2.66. The number of alkyl halides is 1. The molecule has 1 aromatic heterocycles. The van der Waals surface area contributed by atoms with Crippen LogP contribution in [-0.2, 0) is 6.42 Å². The monoisotopic (exact) mass is 272 g/mol. The van der Waals surface area contributed by atoms with Crippen molar-refractivity contribution in [3.05, 3.63) is 44.9 Å². The maximum Gasteiger partial charge on any atom is 0.135 e. The van der Waals surface area contributed by atoms with Gasteiger partial charge >= 0.3 is 0 Å². The zero-order valence-corrected chi connectivity index (χ0v) is 11.0. The lowest BCUT2D eigenvalue weighted by molar-refractivity contribution is 0.931. The molecule has 0 saturated heterocycles. The molecule has 0 saturated carbocycles. The first-order valence-electron chi connectivity index (χ1n) is 4.86. The minimum atomic E-state index is -0.0781. The van der Waals surface area contributed by atoms with Gasteiger partial charge in [-0.1, -0.05) is 35.1 Å². The summed E-state index contributed by atoms with van der Waals surface area (Å²) in [6.07, 6.45) is 0.752. The van der Waals surface area contributed by atoms with Crippen molar-refractivity contribution in [2.75, 3.05) is 0 Å². The van der Waals surface area contributed by atoms with E-state index in [1.54, 1.807) is 11.3 Å². The molecule has 1 atom stereocenters. The smallest absolute Gasteiger partial charge is 0.135 e. The van der Waals surface area contributed by atoms with Crippen LogP contribution < -0.4 is 0 Å². The highest BCUT2D eigenvalue weighted by Gasteiger charge is 2.09. The molecule has 1 aromatic carbocycles. The number of hydrogen-bond donors (Lipinski definition) is 0. The van der Waals surface area contributed by atoms with Gasteiger partial charge in [-0.15, -0.1) is 21.8 Å². The number of hydrogen-bond acceptors (Lipinski definition) is 3. The van der Waals surface area contributed by atoms with Gasteiger partial charge in [0.25, 0.3) is 0 Å². The van der Waals surface area contributed by atoms with Gasteiger partial charge in [-0.05, 0) is 24.6 Å². The predicted octanol–water partition coefficient (Wildman–Crippen LogP) is 4.08. The van der Waals surface area contributed by atoms with Crippen LogP contribution in [0.25, 0.3) is 0 Å². The summed E-state index contributed by atoms with van der Waals surface area (Å²) in [7, 11) is 0. The normalized spacial score (nSPS) is 12.7. The summed E-state index contributed by atoms with van der Waals surface area (Å²) in [5.74, 6) is 0. The number of nitrogens with zero attached hydrogens (tertiary/aromatic N) is 2. The van der Waals surface area contributed by atoms with Crippen molar-refractivity contribution in [1.82, 2.24) is 10.2 Å². The lowest BCUT2D eigenvalue weighted by Crippen LogP contribution is -1.86. The fourth-order valence-electron chi connectivity index (χ4n) is 1.32. The number of benzene rings is 1. The standard InChI is InChI=1S/C11H10Cl2N2S/c1-7(12)11-15-14-10(16-11)6-8-3-2-4-9(13)5-8/h2-5,7H,6H2,1H3. The third-order valence-electron chi connectivity index (χ3n) is 2.07. The Morgan fingerprint density at radius 1 is 1.38 bits per heavy atom. The molecule has 0 spiro atoms. The number of rotatable bonds is 3. The second-order valence-corrected chi connectivity index (χ2v) is 5.64. The van der Waals surface area contributed by atoms with E-state index in [1.807, 2.05) is 31.2 Å². The van der Waals surface area contributed by atoms with Crippen molar-refractivity contribution < 1.29 is 0 Å². The molecular formula is C11H10Cl2N2S. The summed E-state index contributed by atoms with van der Waals surface area (Å²) >= 11 is 13.4. The second kappa shape index (κ2) is 5.13. The first-order chi connectivity index (χ1) is 7.65. The van der Waals surface area contributed by atoms with Crippen LogP contribution in [0.2, 0.25) is 5.02 Å². The highest BCUT2D eigenvalue weighted by Crippen LogP contribution is 2.24. The van der Waals surface area contributed by atoms with Crippen LogP contribution in [0.5, 0.6) is 0 Å². The fourth-order valence-corrected chi connectivity index (χ4v) is 2.52. The molecule has 0 aliphatic heterocycles. The molecule has 0 N–H and O–H groups in total. The summed E-state index contributed by atoms with van der Waals surface area (Å²) in [5, 5.41) is 10.6. The van der Waals surface area contributed by atoms with Crippen LogP contribution in [0.15, 0.2) is 24.3 Å². The third-order valence-corrected chi connectivity index (χ3v) is 3.74. The molecule has 2 rings (SSSR count). The molecule has 0 amide bonds. The summed E-state index contributed by atoms with van der Waals surface area (Å²) in [4.78, 5) is 0. The van der Waals surface area contributed by atoms with Crippen molar-refractivity contribution >= 4 is 34.5 Å². The summed E-state index contributed by atoms with van der Waals surface area (Å²) in [6, 6.07) is 7.76. The average molecular weight is 273 g/mol. The molecule has 2 aromatic rings. The summed E-state index contributed by atoms with van der Waals surface area (Å²) in [5.41, 5.74) is 1.14. The Balaban J connectivity index is 2.14. The van der Waals surface area contributed by atoms with Crippen LogP contribution in [0, 0.1) is 0 Å². The Morgan fingerprint density at radius 3 is 2.81 bits per heavy atom. The summed E-state index contributed by atoms with van der Waals surface area (Å²) in [6.45, 7) is 1.89. The first kappa shape index (κ1) is 11.8. The van der Waals surface area contributed by atoms with Crippen LogP contribution in [0.1, 0.15) is 27.9 Å². The Morgan fingerprint density at radius 2 is 2.19 bits per heavy atom. The van der Waals surface area contributed by atoms with Crippen molar-refractivity contribution in [2.24, 2.45) is 0 Å². The van der Waals surface area contributed by atoms with E-state index in [1.165, 1.54) is 0 Å². The van der Waals surface area contributed by atoms with E-state index < -0.39 is 0 Å². The minimum Gasteiger partial charge on any atom is -0.143 e. The van der Waals surface area contributed by atoms with E-state index in [4.69, 9.17) is 23.2 Å². The van der Waals surface area contributed by atoms with Gasteiger partial charge in [0.1, 0.15) is 10.0 Å². The molecule has 16 heavy (non-hydrogen) atoms. The molecule has 0 radical (unpaired) electrons. The minimum absolute atomic E-state index is 0.0781. The number of halogens is 2. The summed E-state index contributed by atoms with van der Waals surface area (Å²) < 4.78 is 0. The van der Waals surface area contributed by atoms with Gasteiger partial charge in [-0.25, -0.2) is 0 Å². The van der Waals surface area contributed by atoms with Crippen LogP contribution >= 0.6 is 34.5 Å². The van der Waals surface area contributed by atoms with Gasteiger partial charge in [0.2, 0.25) is 0 Å². The van der Waals surface area contributed by atoms with Crippen LogP contribution in [0.4, 0.5) is 0 Å². The molecule has 2 nitrogen and oxygen atoms in total. The largest absolute Gasteiger partial charge is 0.143 e. The van der Waals surface area contributed by atoms with Crippen molar-refractivity contribution in [3.8, 4) is 0 Å². The van der Waals surface area contributed by atoms with Gasteiger partial charge in [0.15, 0.2) is 0 Å². The molecule has 1 heterocycles. The topological polar surface area (TPSA) is 25.8 Å². The van der Waals surface area contributed by atoms with E-state index in [9.17, 15) is 0 Å². The van der Waals surface area contributed by atoms with Gasteiger partial charge in [-0.2, -0.15) is 0 Å². The van der Waals surface area contributed by atoms with E-state index >= 15 is 0 Å². The molecule has 0 aliphatic carbocycles. The first-order valence-corrected chi connectivity index (χ1v) is 6.49. The lowest BCUT2D eigenvalue weighted by Gasteiger charge is -1.97. The van der Waals surface area contributed by atoms with E-state index in [0.717, 1.165) is 27.0 Å². The van der Waals surface area contributed by atoms with Crippen LogP contribution in [-0.4, -0.2) is 10.2 Å². The fraction of sp³-hybridized carbons (Fsp3) is 0.273. The molecule has 0 fully saturated rings.